The molecule has 1 heterocycles. The number of carbonyl (C=O) groups is 2. The summed E-state index contributed by atoms with van der Waals surface area (Å²) in [7, 11) is 0. The zero-order chi connectivity index (χ0) is 9.68. The molecule has 0 N–H and O–H groups in total. The molecule has 13 heavy (non-hydrogen) atoms. The van der Waals surface area contributed by atoms with E-state index in [9.17, 15) is 9.59 Å². The van der Waals surface area contributed by atoms with Crippen molar-refractivity contribution >= 4 is 12.1 Å². The maximum Gasteiger partial charge on any atom is 0.171 e. The molecule has 0 aliphatic carbocycles. The van der Waals surface area contributed by atoms with Crippen molar-refractivity contribution in [2.75, 3.05) is 0 Å². The third-order valence-electron chi connectivity index (χ3n) is 1.47. The van der Waals surface area contributed by atoms with Crippen molar-refractivity contribution in [2.45, 2.75) is 6.42 Å². The van der Waals surface area contributed by atoms with E-state index in [2.05, 4.69) is 4.98 Å². The number of pyridine rings is 1. The number of rotatable bonds is 3. The van der Waals surface area contributed by atoms with Crippen LogP contribution in [0.2, 0.25) is 0 Å². The predicted octanol–water partition coefficient (Wildman–Crippen LogP) is 0.725. The first-order chi connectivity index (χ1) is 6.27. The minimum atomic E-state index is -0.285. The molecule has 0 unspecified atom stereocenters. The summed E-state index contributed by atoms with van der Waals surface area (Å²) in [5, 5.41) is 8.42. The number of hydrogen-bond acceptors (Lipinski definition) is 4. The van der Waals surface area contributed by atoms with Gasteiger partial charge in [0.25, 0.3) is 0 Å². The molecule has 0 saturated heterocycles. The molecule has 1 rings (SSSR count). The molecular formula is C9H6N2O2. The molecule has 1 aromatic heterocycles. The second-order valence-electron chi connectivity index (χ2n) is 2.34. The fraction of sp³-hybridized carbons (Fsp3) is 0.111. The summed E-state index contributed by atoms with van der Waals surface area (Å²) >= 11 is 0. The van der Waals surface area contributed by atoms with Crippen molar-refractivity contribution < 1.29 is 9.59 Å². The van der Waals surface area contributed by atoms with Crippen LogP contribution in [0.15, 0.2) is 18.3 Å². The van der Waals surface area contributed by atoms with Gasteiger partial charge in [0.2, 0.25) is 0 Å². The molecule has 0 amide bonds. The quantitative estimate of drug-likeness (QED) is 0.384. The molecule has 0 spiro atoms. The van der Waals surface area contributed by atoms with E-state index in [1.54, 1.807) is 0 Å². The van der Waals surface area contributed by atoms with Crippen molar-refractivity contribution in [1.82, 2.24) is 4.98 Å². The average molecular weight is 174 g/mol. The van der Waals surface area contributed by atoms with Crippen LogP contribution < -0.4 is 0 Å². The molecule has 4 heteroatoms. The van der Waals surface area contributed by atoms with Crippen molar-refractivity contribution in [1.29, 1.82) is 5.26 Å². The Hall–Kier alpha value is -2.02. The van der Waals surface area contributed by atoms with Gasteiger partial charge >= 0.3 is 0 Å². The second kappa shape index (κ2) is 4.12. The molecule has 0 fully saturated rings. The number of nitriles is 1. The van der Waals surface area contributed by atoms with Gasteiger partial charge in [-0.25, -0.2) is 4.98 Å². The van der Waals surface area contributed by atoms with Crippen LogP contribution in [0.5, 0.6) is 0 Å². The van der Waals surface area contributed by atoms with Gasteiger partial charge in [0, 0.05) is 11.8 Å². The lowest BCUT2D eigenvalue weighted by molar-refractivity contribution is -0.107. The van der Waals surface area contributed by atoms with Gasteiger partial charge in [-0.05, 0) is 12.1 Å². The highest BCUT2D eigenvalue weighted by molar-refractivity contribution is 6.02. The summed E-state index contributed by atoms with van der Waals surface area (Å²) in [6.07, 6.45) is 1.69. The van der Waals surface area contributed by atoms with Gasteiger partial charge in [-0.15, -0.1) is 0 Å². The van der Waals surface area contributed by atoms with Crippen LogP contribution in [0.25, 0.3) is 0 Å². The Balaban J connectivity index is 2.87. The van der Waals surface area contributed by atoms with Crippen molar-refractivity contribution in [3.63, 3.8) is 0 Å². The van der Waals surface area contributed by atoms with Crippen LogP contribution in [0.3, 0.4) is 0 Å². The number of aldehydes is 1. The van der Waals surface area contributed by atoms with E-state index >= 15 is 0 Å². The molecule has 0 bridgehead atoms. The Morgan fingerprint density at radius 1 is 1.62 bits per heavy atom. The van der Waals surface area contributed by atoms with Crippen LogP contribution >= 0.6 is 0 Å². The Kier molecular flexibility index (Phi) is 2.87. The molecule has 0 aliphatic rings. The highest BCUT2D eigenvalue weighted by Crippen LogP contribution is 2.01. The zero-order valence-electron chi connectivity index (χ0n) is 6.73. The average Bonchev–Trinajstić information content (AvgIpc) is 2.18. The lowest BCUT2D eigenvalue weighted by Crippen LogP contribution is -2.00. The van der Waals surface area contributed by atoms with E-state index < -0.39 is 0 Å². The Bertz CT molecular complexity index is 362. The third kappa shape index (κ3) is 2.20. The van der Waals surface area contributed by atoms with Crippen molar-refractivity contribution in [3.05, 3.63) is 29.6 Å². The summed E-state index contributed by atoms with van der Waals surface area (Å²) in [6, 6.07) is 4.76. The number of Topliss-reactive ketones (excluding diaryl/α,β-unsaturated/α-hetero) is 1. The molecule has 4 nitrogen and oxygen atoms in total. The molecular weight excluding hydrogens is 168 g/mol. The maximum absolute atomic E-state index is 11.1. The first-order valence-corrected chi connectivity index (χ1v) is 3.61. The molecule has 0 radical (unpaired) electrons. The van der Waals surface area contributed by atoms with Gasteiger partial charge in [-0.3, -0.25) is 4.79 Å². The number of carbonyl (C=O) groups excluding carboxylic acids is 2. The maximum atomic E-state index is 11.1. The Labute approximate surface area is 74.8 Å². The van der Waals surface area contributed by atoms with E-state index in [1.165, 1.54) is 18.3 Å². The topological polar surface area (TPSA) is 70.8 Å². The molecule has 0 atom stereocenters. The number of nitrogens with zero attached hydrogens (tertiary/aromatic N) is 2. The predicted molar refractivity (Wildman–Crippen MR) is 44.0 cm³/mol. The van der Waals surface area contributed by atoms with Crippen LogP contribution in [0, 0.1) is 11.3 Å². The SMILES string of the molecule is N#Cc1ccc(C(=O)CC=O)cn1. The normalized spacial score (nSPS) is 8.85. The van der Waals surface area contributed by atoms with Gasteiger partial charge in [-0.2, -0.15) is 5.26 Å². The standard InChI is InChI=1S/C9H6N2O2/c10-5-8-2-1-7(6-11-8)9(13)3-4-12/h1-2,4,6H,3H2. The lowest BCUT2D eigenvalue weighted by atomic mass is 10.1. The minimum Gasteiger partial charge on any atom is -0.303 e. The van der Waals surface area contributed by atoms with Crippen LogP contribution in [-0.4, -0.2) is 17.1 Å². The highest BCUT2D eigenvalue weighted by Gasteiger charge is 2.04. The molecule has 64 valence electrons. The fourth-order valence-electron chi connectivity index (χ4n) is 0.818. The van der Waals surface area contributed by atoms with Gasteiger partial charge < -0.3 is 4.79 Å². The van der Waals surface area contributed by atoms with Crippen molar-refractivity contribution in [3.8, 4) is 6.07 Å². The lowest BCUT2D eigenvalue weighted by Gasteiger charge is -1.94. The summed E-state index contributed by atoms with van der Waals surface area (Å²) < 4.78 is 0. The first-order valence-electron chi connectivity index (χ1n) is 3.61. The smallest absolute Gasteiger partial charge is 0.171 e. The van der Waals surface area contributed by atoms with Gasteiger partial charge in [-0.1, -0.05) is 0 Å². The summed E-state index contributed by atoms with van der Waals surface area (Å²) in [4.78, 5) is 24.8. The van der Waals surface area contributed by atoms with E-state index in [4.69, 9.17) is 5.26 Å². The van der Waals surface area contributed by atoms with Crippen LogP contribution in [-0.2, 0) is 4.79 Å². The van der Waals surface area contributed by atoms with Crippen LogP contribution in [0.4, 0.5) is 0 Å². The molecule has 1 aromatic rings. The zero-order valence-corrected chi connectivity index (χ0v) is 6.73. The second-order valence-corrected chi connectivity index (χ2v) is 2.34. The van der Waals surface area contributed by atoms with Gasteiger partial charge in [0.15, 0.2) is 5.78 Å². The number of ketones is 1. The molecule has 0 aromatic carbocycles. The third-order valence-corrected chi connectivity index (χ3v) is 1.47. The minimum absolute atomic E-state index is 0.145. The summed E-state index contributed by atoms with van der Waals surface area (Å²) in [5.41, 5.74) is 0.605. The van der Waals surface area contributed by atoms with Gasteiger partial charge in [0.05, 0.1) is 6.42 Å². The molecule has 0 saturated carbocycles. The van der Waals surface area contributed by atoms with E-state index in [0.717, 1.165) is 0 Å². The summed E-state index contributed by atoms with van der Waals surface area (Å²) in [5.74, 6) is -0.285. The van der Waals surface area contributed by atoms with E-state index in [1.807, 2.05) is 6.07 Å². The fourth-order valence-corrected chi connectivity index (χ4v) is 0.818. The van der Waals surface area contributed by atoms with Gasteiger partial charge in [0.1, 0.15) is 18.0 Å². The van der Waals surface area contributed by atoms with E-state index in [-0.39, 0.29) is 17.9 Å². The number of aromatic nitrogens is 1. The van der Waals surface area contributed by atoms with Crippen LogP contribution in [0.1, 0.15) is 22.5 Å². The molecule has 0 aliphatic heterocycles. The monoisotopic (exact) mass is 174 g/mol. The Morgan fingerprint density at radius 3 is 2.85 bits per heavy atom. The Morgan fingerprint density at radius 2 is 2.38 bits per heavy atom. The van der Waals surface area contributed by atoms with Crippen molar-refractivity contribution in [2.24, 2.45) is 0 Å². The number of hydrogen-bond donors (Lipinski definition) is 0. The highest BCUT2D eigenvalue weighted by atomic mass is 16.1. The first kappa shape index (κ1) is 9.07. The summed E-state index contributed by atoms with van der Waals surface area (Å²) in [6.45, 7) is 0. The largest absolute Gasteiger partial charge is 0.303 e. The van der Waals surface area contributed by atoms with E-state index in [0.29, 0.717) is 11.8 Å².